The van der Waals surface area contributed by atoms with Gasteiger partial charge in [-0.05, 0) is 30.3 Å². The molecule has 0 saturated heterocycles. The number of rotatable bonds is 4. The maximum absolute atomic E-state index is 13.7. The van der Waals surface area contributed by atoms with Crippen LogP contribution in [0, 0.1) is 11.6 Å². The summed E-state index contributed by atoms with van der Waals surface area (Å²) in [6, 6.07) is 7.60. The van der Waals surface area contributed by atoms with E-state index in [0.29, 0.717) is 16.7 Å². The van der Waals surface area contributed by atoms with Gasteiger partial charge in [-0.3, -0.25) is 9.36 Å². The molecule has 7 heteroatoms. The highest BCUT2D eigenvalue weighted by atomic mass is 19.1. The second kappa shape index (κ2) is 6.37. The van der Waals surface area contributed by atoms with Crippen LogP contribution in [0.4, 0.5) is 8.78 Å². The molecule has 3 aromatic rings. The largest absolute Gasteiger partial charge is 0.497 e. The Labute approximate surface area is 135 Å². The van der Waals surface area contributed by atoms with Crippen LogP contribution in [-0.2, 0) is 6.54 Å². The van der Waals surface area contributed by atoms with E-state index < -0.39 is 23.3 Å². The fourth-order valence-electron chi connectivity index (χ4n) is 2.45. The van der Waals surface area contributed by atoms with Crippen molar-refractivity contribution >= 4 is 10.9 Å². The highest BCUT2D eigenvalue weighted by Crippen LogP contribution is 2.20. The Balaban J connectivity index is 1.96. The summed E-state index contributed by atoms with van der Waals surface area (Å²) in [4.78, 5) is 16.6. The molecule has 0 radical (unpaired) electrons. The molecule has 0 spiro atoms. The van der Waals surface area contributed by atoms with Gasteiger partial charge in [0.25, 0.3) is 5.56 Å². The van der Waals surface area contributed by atoms with Gasteiger partial charge in [0, 0.05) is 11.6 Å². The van der Waals surface area contributed by atoms with Crippen molar-refractivity contribution in [1.29, 1.82) is 0 Å². The Kier molecular flexibility index (Phi) is 4.26. The number of aliphatic hydroxyl groups excluding tert-OH is 1. The van der Waals surface area contributed by atoms with Crippen LogP contribution in [-0.4, -0.2) is 21.8 Å². The molecule has 24 heavy (non-hydrogen) atoms. The minimum Gasteiger partial charge on any atom is -0.497 e. The molecule has 0 bridgehead atoms. The van der Waals surface area contributed by atoms with Crippen LogP contribution in [0.3, 0.4) is 0 Å². The number of benzene rings is 2. The van der Waals surface area contributed by atoms with Crippen molar-refractivity contribution in [1.82, 2.24) is 9.55 Å². The Morgan fingerprint density at radius 3 is 2.79 bits per heavy atom. The van der Waals surface area contributed by atoms with E-state index in [9.17, 15) is 18.7 Å². The Morgan fingerprint density at radius 1 is 1.25 bits per heavy atom. The Morgan fingerprint density at radius 2 is 2.04 bits per heavy atom. The molecular formula is C17H14F2N2O3. The van der Waals surface area contributed by atoms with Crippen LogP contribution >= 0.6 is 0 Å². The zero-order valence-corrected chi connectivity index (χ0v) is 12.7. The Hall–Kier alpha value is -2.80. The summed E-state index contributed by atoms with van der Waals surface area (Å²) in [5.41, 5.74) is -0.155. The van der Waals surface area contributed by atoms with Gasteiger partial charge in [-0.25, -0.2) is 13.8 Å². The summed E-state index contributed by atoms with van der Waals surface area (Å²) < 4.78 is 33.2. The smallest absolute Gasteiger partial charge is 0.261 e. The first-order chi connectivity index (χ1) is 11.5. The van der Waals surface area contributed by atoms with Crippen molar-refractivity contribution in [3.05, 3.63) is 70.3 Å². The number of methoxy groups -OCH3 is 1. The van der Waals surface area contributed by atoms with Crippen molar-refractivity contribution < 1.29 is 18.6 Å². The molecule has 0 aliphatic rings. The monoisotopic (exact) mass is 332 g/mol. The van der Waals surface area contributed by atoms with Gasteiger partial charge in [-0.1, -0.05) is 0 Å². The highest BCUT2D eigenvalue weighted by Gasteiger charge is 2.16. The normalized spacial score (nSPS) is 12.3. The van der Waals surface area contributed by atoms with E-state index in [0.717, 1.165) is 22.8 Å². The zero-order valence-electron chi connectivity index (χ0n) is 12.7. The van der Waals surface area contributed by atoms with Crippen LogP contribution in [0.15, 0.2) is 47.5 Å². The summed E-state index contributed by atoms with van der Waals surface area (Å²) in [5.74, 6) is -0.842. The molecule has 1 aromatic heterocycles. The topological polar surface area (TPSA) is 64.3 Å². The van der Waals surface area contributed by atoms with Gasteiger partial charge in [0.1, 0.15) is 17.4 Å². The van der Waals surface area contributed by atoms with Gasteiger partial charge < -0.3 is 9.84 Å². The van der Waals surface area contributed by atoms with E-state index in [4.69, 9.17) is 4.74 Å². The summed E-state index contributed by atoms with van der Waals surface area (Å²) in [6.07, 6.45) is -0.124. The molecule has 1 unspecified atom stereocenters. The molecule has 5 nitrogen and oxygen atoms in total. The first kappa shape index (κ1) is 16.1. The lowest BCUT2D eigenvalue weighted by Crippen LogP contribution is -2.24. The summed E-state index contributed by atoms with van der Waals surface area (Å²) in [7, 11) is 1.51. The number of ether oxygens (including phenoxy) is 1. The van der Waals surface area contributed by atoms with Crippen molar-refractivity contribution in [2.75, 3.05) is 7.11 Å². The molecular weight excluding hydrogens is 318 g/mol. The van der Waals surface area contributed by atoms with Gasteiger partial charge in [0.15, 0.2) is 0 Å². The number of aliphatic hydroxyl groups is 1. The minimum atomic E-state index is -1.38. The summed E-state index contributed by atoms with van der Waals surface area (Å²) in [5, 5.41) is 10.5. The van der Waals surface area contributed by atoms with Crippen molar-refractivity contribution in [3.8, 4) is 5.75 Å². The van der Waals surface area contributed by atoms with Crippen LogP contribution in [0.2, 0.25) is 0 Å². The third-order valence-corrected chi connectivity index (χ3v) is 3.72. The van der Waals surface area contributed by atoms with E-state index in [1.807, 2.05) is 0 Å². The molecule has 0 aliphatic heterocycles. The van der Waals surface area contributed by atoms with Crippen LogP contribution < -0.4 is 10.3 Å². The minimum absolute atomic E-state index is 0.211. The van der Waals surface area contributed by atoms with Crippen LogP contribution in [0.5, 0.6) is 5.75 Å². The van der Waals surface area contributed by atoms with E-state index >= 15 is 0 Å². The lowest BCUT2D eigenvalue weighted by molar-refractivity contribution is 0.150. The summed E-state index contributed by atoms with van der Waals surface area (Å²) >= 11 is 0. The molecule has 124 valence electrons. The van der Waals surface area contributed by atoms with Crippen molar-refractivity contribution in [2.45, 2.75) is 12.6 Å². The van der Waals surface area contributed by atoms with E-state index in [2.05, 4.69) is 4.98 Å². The quantitative estimate of drug-likeness (QED) is 0.797. The predicted molar refractivity (Wildman–Crippen MR) is 83.9 cm³/mol. The number of aromatic nitrogens is 2. The standard InChI is InChI=1S/C17H14F2N2O3/c1-24-11-3-4-12-15(7-11)20-9-21(17(12)23)8-16(22)13-6-10(18)2-5-14(13)19/h2-7,9,16,22H,8H2,1H3. The lowest BCUT2D eigenvalue weighted by atomic mass is 10.1. The van der Waals surface area contributed by atoms with Crippen molar-refractivity contribution in [2.24, 2.45) is 0 Å². The van der Waals surface area contributed by atoms with Crippen LogP contribution in [0.1, 0.15) is 11.7 Å². The van der Waals surface area contributed by atoms with Gasteiger partial charge in [0.05, 0.1) is 37.0 Å². The Bertz CT molecular complexity index is 956. The second-order valence-electron chi connectivity index (χ2n) is 5.27. The second-order valence-corrected chi connectivity index (χ2v) is 5.27. The van der Waals surface area contributed by atoms with E-state index in [1.165, 1.54) is 13.4 Å². The molecule has 2 aromatic carbocycles. The highest BCUT2D eigenvalue weighted by molar-refractivity contribution is 5.78. The lowest BCUT2D eigenvalue weighted by Gasteiger charge is -2.14. The molecule has 1 heterocycles. The summed E-state index contributed by atoms with van der Waals surface area (Å²) in [6.45, 7) is -0.242. The number of halogens is 2. The number of hydrogen-bond donors (Lipinski definition) is 1. The predicted octanol–water partition coefficient (Wildman–Crippen LogP) is 2.42. The average molecular weight is 332 g/mol. The number of fused-ring (bicyclic) bond motifs is 1. The third kappa shape index (κ3) is 2.98. The van der Waals surface area contributed by atoms with Gasteiger partial charge >= 0.3 is 0 Å². The van der Waals surface area contributed by atoms with E-state index in [1.54, 1.807) is 18.2 Å². The van der Waals surface area contributed by atoms with E-state index in [-0.39, 0.29) is 12.1 Å². The molecule has 0 fully saturated rings. The van der Waals surface area contributed by atoms with Gasteiger partial charge in [-0.15, -0.1) is 0 Å². The molecule has 3 rings (SSSR count). The SMILES string of the molecule is COc1ccc2c(=O)n(CC(O)c3cc(F)ccc3F)cnc2c1. The van der Waals surface area contributed by atoms with Gasteiger partial charge in [0.2, 0.25) is 0 Å². The fraction of sp³-hybridized carbons (Fsp3) is 0.176. The molecule has 1 N–H and O–H groups in total. The van der Waals surface area contributed by atoms with Crippen molar-refractivity contribution in [3.63, 3.8) is 0 Å². The number of hydrogen-bond acceptors (Lipinski definition) is 4. The maximum atomic E-state index is 13.7. The zero-order chi connectivity index (χ0) is 17.3. The third-order valence-electron chi connectivity index (χ3n) is 3.72. The molecule has 0 saturated carbocycles. The molecule has 0 amide bonds. The first-order valence-corrected chi connectivity index (χ1v) is 7.16. The molecule has 0 aliphatic carbocycles. The fourth-order valence-corrected chi connectivity index (χ4v) is 2.45. The average Bonchev–Trinajstić information content (AvgIpc) is 2.59. The first-order valence-electron chi connectivity index (χ1n) is 7.16. The van der Waals surface area contributed by atoms with Crippen LogP contribution in [0.25, 0.3) is 10.9 Å². The number of nitrogens with zero attached hydrogens (tertiary/aromatic N) is 2. The molecule has 1 atom stereocenters. The van der Waals surface area contributed by atoms with Gasteiger partial charge in [-0.2, -0.15) is 0 Å². The maximum Gasteiger partial charge on any atom is 0.261 e.